The number of hydrogen-bond acceptors (Lipinski definition) is 4. The van der Waals surface area contributed by atoms with Gasteiger partial charge in [-0.3, -0.25) is 4.79 Å². The Labute approximate surface area is 163 Å². The van der Waals surface area contributed by atoms with Crippen LogP contribution in [-0.2, 0) is 11.2 Å². The van der Waals surface area contributed by atoms with Crippen molar-refractivity contribution in [1.29, 1.82) is 0 Å². The molecule has 138 valence electrons. The van der Waals surface area contributed by atoms with Gasteiger partial charge in [-0.25, -0.2) is 4.98 Å². The number of carbonyl (C=O) groups excluding carboxylic acids is 1. The number of thiazole rings is 1. The molecule has 4 rings (SSSR count). The first kappa shape index (κ1) is 17.7. The highest BCUT2D eigenvalue weighted by Gasteiger charge is 2.26. The van der Waals surface area contributed by atoms with E-state index in [1.54, 1.807) is 11.3 Å². The Balaban J connectivity index is 1.30. The third-order valence-corrected chi connectivity index (χ3v) is 5.81. The molecule has 1 amide bonds. The van der Waals surface area contributed by atoms with Crippen molar-refractivity contribution in [3.8, 4) is 11.1 Å². The molecule has 1 aromatic heterocycles. The van der Waals surface area contributed by atoms with Crippen molar-refractivity contribution in [3.63, 3.8) is 0 Å². The number of nitrogens with one attached hydrogen (secondary N) is 1. The number of anilines is 1. The molecule has 0 aliphatic carbocycles. The first-order valence-corrected chi connectivity index (χ1v) is 10.2. The van der Waals surface area contributed by atoms with Gasteiger partial charge in [0.25, 0.3) is 0 Å². The summed E-state index contributed by atoms with van der Waals surface area (Å²) in [5.41, 5.74) is 3.40. The van der Waals surface area contributed by atoms with E-state index in [0.717, 1.165) is 30.1 Å². The molecule has 0 saturated carbocycles. The first-order chi connectivity index (χ1) is 13.3. The van der Waals surface area contributed by atoms with Crippen molar-refractivity contribution in [3.05, 3.63) is 71.7 Å². The zero-order chi connectivity index (χ0) is 18.5. The fraction of sp³-hybridized carbons (Fsp3) is 0.273. The van der Waals surface area contributed by atoms with Gasteiger partial charge in [0.1, 0.15) is 0 Å². The van der Waals surface area contributed by atoms with Crippen molar-refractivity contribution in [2.24, 2.45) is 0 Å². The van der Waals surface area contributed by atoms with E-state index < -0.39 is 0 Å². The van der Waals surface area contributed by atoms with Crippen molar-refractivity contribution < 1.29 is 4.79 Å². The van der Waals surface area contributed by atoms with Gasteiger partial charge in [-0.2, -0.15) is 0 Å². The molecule has 0 radical (unpaired) electrons. The second-order valence-electron chi connectivity index (χ2n) is 6.85. The topological polar surface area (TPSA) is 45.2 Å². The predicted molar refractivity (Wildman–Crippen MR) is 111 cm³/mol. The van der Waals surface area contributed by atoms with E-state index in [1.807, 2.05) is 41.9 Å². The molecule has 1 aliphatic rings. The van der Waals surface area contributed by atoms with Gasteiger partial charge in [0.2, 0.25) is 5.91 Å². The van der Waals surface area contributed by atoms with Crippen LogP contribution in [0.2, 0.25) is 0 Å². The quantitative estimate of drug-likeness (QED) is 0.702. The molecule has 0 bridgehead atoms. The number of hydrogen-bond donors (Lipinski definition) is 1. The van der Waals surface area contributed by atoms with Gasteiger partial charge in [-0.1, -0.05) is 54.6 Å². The highest BCUT2D eigenvalue weighted by molar-refractivity contribution is 7.13. The van der Waals surface area contributed by atoms with Gasteiger partial charge >= 0.3 is 0 Å². The number of rotatable bonds is 6. The van der Waals surface area contributed by atoms with E-state index in [1.165, 1.54) is 11.1 Å². The van der Waals surface area contributed by atoms with Gasteiger partial charge in [-0.05, 0) is 29.5 Å². The van der Waals surface area contributed by atoms with Gasteiger partial charge in [-0.15, -0.1) is 11.3 Å². The second kappa shape index (κ2) is 8.35. The molecule has 1 saturated heterocycles. The summed E-state index contributed by atoms with van der Waals surface area (Å²) in [6.07, 6.45) is 4.51. The van der Waals surface area contributed by atoms with Crippen molar-refractivity contribution in [1.82, 2.24) is 10.3 Å². The maximum Gasteiger partial charge on any atom is 0.224 e. The molecule has 1 aliphatic heterocycles. The Kier molecular flexibility index (Phi) is 5.49. The average Bonchev–Trinajstić information content (AvgIpc) is 3.39. The fourth-order valence-electron chi connectivity index (χ4n) is 3.58. The van der Waals surface area contributed by atoms with Crippen LogP contribution < -0.4 is 10.2 Å². The van der Waals surface area contributed by atoms with Crippen LogP contribution in [0.5, 0.6) is 0 Å². The molecule has 2 aromatic carbocycles. The van der Waals surface area contributed by atoms with Crippen LogP contribution in [0.3, 0.4) is 0 Å². The van der Waals surface area contributed by atoms with Gasteiger partial charge in [0.15, 0.2) is 5.13 Å². The van der Waals surface area contributed by atoms with Gasteiger partial charge < -0.3 is 10.2 Å². The van der Waals surface area contributed by atoms with E-state index in [9.17, 15) is 4.79 Å². The molecule has 5 heteroatoms. The monoisotopic (exact) mass is 377 g/mol. The lowest BCUT2D eigenvalue weighted by Crippen LogP contribution is -2.40. The smallest absolute Gasteiger partial charge is 0.224 e. The standard InChI is InChI=1S/C22H23N3OS/c26-21(24-16-20-7-4-13-25(20)22-23-12-14-27-22)15-17-8-10-19(11-9-17)18-5-2-1-3-6-18/h1-3,5-6,8-12,14,20H,4,7,13,15-16H2,(H,24,26). The molecule has 3 aromatic rings. The lowest BCUT2D eigenvalue weighted by molar-refractivity contribution is -0.120. The number of amides is 1. The van der Waals surface area contributed by atoms with Crippen molar-refractivity contribution in [2.45, 2.75) is 25.3 Å². The van der Waals surface area contributed by atoms with Crippen LogP contribution in [-0.4, -0.2) is 30.0 Å². The van der Waals surface area contributed by atoms with Crippen LogP contribution in [0, 0.1) is 0 Å². The maximum atomic E-state index is 12.4. The Morgan fingerprint density at radius 2 is 1.89 bits per heavy atom. The Bertz CT molecular complexity index is 862. The molecule has 4 nitrogen and oxygen atoms in total. The lowest BCUT2D eigenvalue weighted by atomic mass is 10.0. The second-order valence-corrected chi connectivity index (χ2v) is 7.72. The highest BCUT2D eigenvalue weighted by atomic mass is 32.1. The zero-order valence-corrected chi connectivity index (χ0v) is 16.0. The molecule has 1 atom stereocenters. The largest absolute Gasteiger partial charge is 0.354 e. The Hall–Kier alpha value is -2.66. The first-order valence-electron chi connectivity index (χ1n) is 9.37. The van der Waals surface area contributed by atoms with E-state index in [4.69, 9.17) is 0 Å². The number of carbonyl (C=O) groups is 1. The fourth-order valence-corrected chi connectivity index (χ4v) is 4.32. The van der Waals surface area contributed by atoms with E-state index in [-0.39, 0.29) is 5.91 Å². The van der Waals surface area contributed by atoms with E-state index in [0.29, 0.717) is 19.0 Å². The molecule has 2 heterocycles. The minimum absolute atomic E-state index is 0.0773. The van der Waals surface area contributed by atoms with Gasteiger partial charge in [0, 0.05) is 30.7 Å². The maximum absolute atomic E-state index is 12.4. The molecule has 1 unspecified atom stereocenters. The van der Waals surface area contributed by atoms with Crippen molar-refractivity contribution in [2.75, 3.05) is 18.0 Å². The van der Waals surface area contributed by atoms with E-state index >= 15 is 0 Å². The predicted octanol–water partition coefficient (Wildman–Crippen LogP) is 4.14. The normalized spacial score (nSPS) is 16.4. The summed E-state index contributed by atoms with van der Waals surface area (Å²) >= 11 is 1.66. The minimum atomic E-state index is 0.0773. The summed E-state index contributed by atoms with van der Waals surface area (Å²) in [7, 11) is 0. The van der Waals surface area contributed by atoms with Crippen LogP contribution in [0.25, 0.3) is 11.1 Å². The molecular formula is C22H23N3OS. The van der Waals surface area contributed by atoms with Crippen LogP contribution in [0.4, 0.5) is 5.13 Å². The molecular weight excluding hydrogens is 354 g/mol. The lowest BCUT2D eigenvalue weighted by Gasteiger charge is -2.24. The average molecular weight is 378 g/mol. The summed E-state index contributed by atoms with van der Waals surface area (Å²) in [4.78, 5) is 19.1. The number of nitrogens with zero attached hydrogens (tertiary/aromatic N) is 2. The molecule has 1 N–H and O–H groups in total. The zero-order valence-electron chi connectivity index (χ0n) is 15.2. The molecule has 27 heavy (non-hydrogen) atoms. The molecule has 1 fully saturated rings. The third-order valence-electron chi connectivity index (χ3n) is 5.00. The Morgan fingerprint density at radius 3 is 2.63 bits per heavy atom. The van der Waals surface area contributed by atoms with Gasteiger partial charge in [0.05, 0.1) is 6.42 Å². The summed E-state index contributed by atoms with van der Waals surface area (Å²) in [6.45, 7) is 1.70. The number of benzene rings is 2. The Morgan fingerprint density at radius 1 is 1.11 bits per heavy atom. The van der Waals surface area contributed by atoms with Crippen LogP contribution >= 0.6 is 11.3 Å². The van der Waals surface area contributed by atoms with Crippen molar-refractivity contribution >= 4 is 22.4 Å². The third kappa shape index (κ3) is 4.37. The summed E-state index contributed by atoms with van der Waals surface area (Å²) in [6, 6.07) is 18.9. The minimum Gasteiger partial charge on any atom is -0.354 e. The van der Waals surface area contributed by atoms with Crippen LogP contribution in [0.15, 0.2) is 66.2 Å². The van der Waals surface area contributed by atoms with Crippen LogP contribution in [0.1, 0.15) is 18.4 Å². The summed E-state index contributed by atoms with van der Waals surface area (Å²) in [5, 5.41) is 6.17. The number of aromatic nitrogens is 1. The van der Waals surface area contributed by atoms with E-state index in [2.05, 4.69) is 39.5 Å². The summed E-state index contributed by atoms with van der Waals surface area (Å²) < 4.78 is 0. The highest BCUT2D eigenvalue weighted by Crippen LogP contribution is 2.26. The summed E-state index contributed by atoms with van der Waals surface area (Å²) in [5.74, 6) is 0.0773. The SMILES string of the molecule is O=C(Cc1ccc(-c2ccccc2)cc1)NCC1CCCN1c1nccs1. The molecule has 0 spiro atoms.